The molecule has 22 heavy (non-hydrogen) atoms. The van der Waals surface area contributed by atoms with Crippen molar-refractivity contribution in [3.05, 3.63) is 69.2 Å². The molecule has 1 heterocycles. The Bertz CT molecular complexity index is 904. The predicted molar refractivity (Wildman–Crippen MR) is 80.0 cm³/mol. The lowest BCUT2D eigenvalue weighted by molar-refractivity contribution is -0.146. The summed E-state index contributed by atoms with van der Waals surface area (Å²) in [6.07, 6.45) is -4.74. The van der Waals surface area contributed by atoms with Crippen molar-refractivity contribution < 1.29 is 13.2 Å². The number of rotatable bonds is 1. The number of alkyl halides is 3. The molecule has 1 aromatic heterocycles. The van der Waals surface area contributed by atoms with Gasteiger partial charge < -0.3 is 0 Å². The van der Waals surface area contributed by atoms with Gasteiger partial charge in [0.15, 0.2) is 0 Å². The van der Waals surface area contributed by atoms with Gasteiger partial charge in [-0.25, -0.2) is 4.98 Å². The van der Waals surface area contributed by atoms with E-state index in [9.17, 15) is 18.0 Å². The van der Waals surface area contributed by atoms with Crippen molar-refractivity contribution in [1.82, 2.24) is 9.55 Å². The van der Waals surface area contributed by atoms with E-state index in [1.807, 2.05) is 0 Å². The molecule has 0 radical (unpaired) electrons. The Labute approximate surface area is 131 Å². The van der Waals surface area contributed by atoms with E-state index in [1.165, 1.54) is 24.3 Å². The average Bonchev–Trinajstić information content (AvgIpc) is 2.47. The number of benzene rings is 2. The molecule has 0 aliphatic carbocycles. The van der Waals surface area contributed by atoms with Crippen molar-refractivity contribution in [3.8, 4) is 5.69 Å². The van der Waals surface area contributed by atoms with Crippen molar-refractivity contribution in [1.29, 1.82) is 0 Å². The van der Waals surface area contributed by atoms with Gasteiger partial charge in [-0.2, -0.15) is 13.2 Å². The van der Waals surface area contributed by atoms with Gasteiger partial charge in [0.2, 0.25) is 5.82 Å². The quantitative estimate of drug-likeness (QED) is 0.646. The summed E-state index contributed by atoms with van der Waals surface area (Å²) < 4.78 is 41.1. The number of halogens is 4. The van der Waals surface area contributed by atoms with Gasteiger partial charge >= 0.3 is 6.18 Å². The third-order valence-corrected chi connectivity index (χ3v) is 3.59. The maximum atomic E-state index is 13.3. The van der Waals surface area contributed by atoms with Gasteiger partial charge in [0.25, 0.3) is 5.56 Å². The second kappa shape index (κ2) is 5.24. The Morgan fingerprint density at radius 1 is 1.05 bits per heavy atom. The Morgan fingerprint density at radius 2 is 1.73 bits per heavy atom. The highest BCUT2D eigenvalue weighted by molar-refractivity contribution is 9.10. The zero-order chi connectivity index (χ0) is 15.9. The van der Waals surface area contributed by atoms with E-state index in [1.54, 1.807) is 24.3 Å². The molecule has 0 fully saturated rings. The van der Waals surface area contributed by atoms with Crippen molar-refractivity contribution in [2.45, 2.75) is 6.18 Å². The molecule has 7 heteroatoms. The first-order chi connectivity index (χ1) is 10.4. The molecule has 112 valence electrons. The van der Waals surface area contributed by atoms with Gasteiger partial charge in [0.05, 0.1) is 16.6 Å². The molecule has 3 nitrogen and oxygen atoms in total. The second-order valence-electron chi connectivity index (χ2n) is 4.57. The standard InChI is InChI=1S/C15H8BrF3N2O/c16-9-6-7-12-11(8-9)13(22)21(10-4-2-1-3-5-10)14(20-12)15(17,18)19/h1-8H. The first kappa shape index (κ1) is 14.8. The Balaban J connectivity index is 2.47. The molecule has 0 aliphatic rings. The summed E-state index contributed by atoms with van der Waals surface area (Å²) in [5.74, 6) is -1.24. The molecule has 3 aromatic rings. The van der Waals surface area contributed by atoms with E-state index < -0.39 is 17.6 Å². The number of hydrogen-bond donors (Lipinski definition) is 0. The maximum Gasteiger partial charge on any atom is 0.450 e. The van der Waals surface area contributed by atoms with E-state index in [-0.39, 0.29) is 16.6 Å². The van der Waals surface area contributed by atoms with Gasteiger partial charge in [0.1, 0.15) is 0 Å². The number of hydrogen-bond acceptors (Lipinski definition) is 2. The fraction of sp³-hybridized carbons (Fsp3) is 0.0667. The fourth-order valence-corrected chi connectivity index (χ4v) is 2.53. The summed E-state index contributed by atoms with van der Waals surface area (Å²) in [5, 5.41) is 0.117. The topological polar surface area (TPSA) is 34.9 Å². The third kappa shape index (κ3) is 2.52. The lowest BCUT2D eigenvalue weighted by atomic mass is 10.2. The van der Waals surface area contributed by atoms with Crippen LogP contribution in [0.5, 0.6) is 0 Å². The smallest absolute Gasteiger partial charge is 0.268 e. The first-order valence-corrected chi connectivity index (χ1v) is 7.02. The van der Waals surface area contributed by atoms with Crippen LogP contribution in [-0.2, 0) is 6.18 Å². The highest BCUT2D eigenvalue weighted by Gasteiger charge is 2.37. The van der Waals surface area contributed by atoms with Gasteiger partial charge in [-0.05, 0) is 30.3 Å². The molecule has 0 saturated carbocycles. The number of aromatic nitrogens is 2. The average molecular weight is 369 g/mol. The molecule has 0 saturated heterocycles. The van der Waals surface area contributed by atoms with E-state index >= 15 is 0 Å². The minimum absolute atomic E-state index is 0.00714. The van der Waals surface area contributed by atoms with Gasteiger partial charge in [-0.15, -0.1) is 0 Å². The zero-order valence-corrected chi connectivity index (χ0v) is 12.5. The van der Waals surface area contributed by atoms with E-state index in [2.05, 4.69) is 20.9 Å². The van der Waals surface area contributed by atoms with Crippen molar-refractivity contribution in [3.63, 3.8) is 0 Å². The van der Waals surface area contributed by atoms with Crippen LogP contribution in [0.25, 0.3) is 16.6 Å². The van der Waals surface area contributed by atoms with E-state index in [0.717, 1.165) is 0 Å². The number of nitrogens with zero attached hydrogens (tertiary/aromatic N) is 2. The Kier molecular flexibility index (Phi) is 3.52. The molecule has 0 aliphatic heterocycles. The van der Waals surface area contributed by atoms with Crippen molar-refractivity contribution >= 4 is 26.8 Å². The minimum Gasteiger partial charge on any atom is -0.268 e. The molecule has 0 bridgehead atoms. The number of para-hydroxylation sites is 1. The lowest BCUT2D eigenvalue weighted by Gasteiger charge is -2.15. The highest BCUT2D eigenvalue weighted by Crippen LogP contribution is 2.30. The molecule has 0 atom stereocenters. The second-order valence-corrected chi connectivity index (χ2v) is 5.49. The van der Waals surface area contributed by atoms with Crippen LogP contribution >= 0.6 is 15.9 Å². The summed E-state index contributed by atoms with van der Waals surface area (Å²) in [4.78, 5) is 16.2. The molecular formula is C15H8BrF3N2O. The summed E-state index contributed by atoms with van der Waals surface area (Å²) in [6, 6.07) is 12.0. The molecule has 0 spiro atoms. The van der Waals surface area contributed by atoms with Crippen LogP contribution in [0, 0.1) is 0 Å². The first-order valence-electron chi connectivity index (χ1n) is 6.23. The van der Waals surface area contributed by atoms with E-state index in [0.29, 0.717) is 9.04 Å². The molecule has 3 rings (SSSR count). The Morgan fingerprint density at radius 3 is 2.36 bits per heavy atom. The molecule has 0 unspecified atom stereocenters. The zero-order valence-electron chi connectivity index (χ0n) is 10.9. The molecule has 0 N–H and O–H groups in total. The van der Waals surface area contributed by atoms with Crippen LogP contribution in [0.4, 0.5) is 13.2 Å². The van der Waals surface area contributed by atoms with Crippen LogP contribution in [-0.4, -0.2) is 9.55 Å². The highest BCUT2D eigenvalue weighted by atomic mass is 79.9. The molecular weight excluding hydrogens is 361 g/mol. The fourth-order valence-electron chi connectivity index (χ4n) is 2.16. The maximum absolute atomic E-state index is 13.3. The van der Waals surface area contributed by atoms with Crippen molar-refractivity contribution in [2.75, 3.05) is 0 Å². The van der Waals surface area contributed by atoms with Crippen LogP contribution in [0.3, 0.4) is 0 Å². The third-order valence-electron chi connectivity index (χ3n) is 3.10. The lowest BCUT2D eigenvalue weighted by Crippen LogP contribution is -2.28. The van der Waals surface area contributed by atoms with Crippen molar-refractivity contribution in [2.24, 2.45) is 0 Å². The van der Waals surface area contributed by atoms with Gasteiger partial charge in [-0.3, -0.25) is 9.36 Å². The molecule has 0 amide bonds. The summed E-state index contributed by atoms with van der Waals surface area (Å²) in [6.45, 7) is 0. The Hall–Kier alpha value is -2.15. The summed E-state index contributed by atoms with van der Waals surface area (Å²) >= 11 is 3.21. The largest absolute Gasteiger partial charge is 0.450 e. The molecule has 2 aromatic carbocycles. The predicted octanol–water partition coefficient (Wildman–Crippen LogP) is 4.17. The monoisotopic (exact) mass is 368 g/mol. The summed E-state index contributed by atoms with van der Waals surface area (Å²) in [5.41, 5.74) is -0.633. The van der Waals surface area contributed by atoms with E-state index in [4.69, 9.17) is 0 Å². The summed E-state index contributed by atoms with van der Waals surface area (Å²) in [7, 11) is 0. The van der Waals surface area contributed by atoms with Gasteiger partial charge in [-0.1, -0.05) is 34.1 Å². The van der Waals surface area contributed by atoms with Crippen LogP contribution < -0.4 is 5.56 Å². The SMILES string of the molecule is O=c1c2cc(Br)ccc2nc(C(F)(F)F)n1-c1ccccc1. The van der Waals surface area contributed by atoms with Gasteiger partial charge in [0, 0.05) is 4.47 Å². The van der Waals surface area contributed by atoms with Crippen LogP contribution in [0.15, 0.2) is 57.8 Å². The van der Waals surface area contributed by atoms with Crippen LogP contribution in [0.2, 0.25) is 0 Å². The number of fused-ring (bicyclic) bond motifs is 1. The minimum atomic E-state index is -4.74. The van der Waals surface area contributed by atoms with Crippen LogP contribution in [0.1, 0.15) is 5.82 Å². The normalized spacial score (nSPS) is 11.8.